The van der Waals surface area contributed by atoms with Crippen molar-refractivity contribution in [1.29, 1.82) is 0 Å². The molecule has 0 aliphatic carbocycles. The fourth-order valence-electron chi connectivity index (χ4n) is 1.70. The molecule has 3 heteroatoms. The Hall–Kier alpha value is -1.77. The van der Waals surface area contributed by atoms with Crippen LogP contribution in [0.5, 0.6) is 0 Å². The molecule has 2 nitrogen and oxygen atoms in total. The highest BCUT2D eigenvalue weighted by atomic mass is 19.1. The van der Waals surface area contributed by atoms with Gasteiger partial charge in [0.15, 0.2) is 0 Å². The molecule has 1 heterocycles. The Morgan fingerprint density at radius 3 is 2.38 bits per heavy atom. The highest BCUT2D eigenvalue weighted by Gasteiger charge is 2.08. The normalized spacial score (nSPS) is 12.4. The molecule has 16 heavy (non-hydrogen) atoms. The molecule has 1 aromatic carbocycles. The van der Waals surface area contributed by atoms with E-state index in [0.717, 1.165) is 12.0 Å². The number of rotatable bonds is 4. The first-order chi connectivity index (χ1) is 7.79. The van der Waals surface area contributed by atoms with Crippen molar-refractivity contribution in [3.63, 3.8) is 0 Å². The van der Waals surface area contributed by atoms with E-state index in [2.05, 4.69) is 12.3 Å². The van der Waals surface area contributed by atoms with Gasteiger partial charge in [0.1, 0.15) is 5.82 Å². The van der Waals surface area contributed by atoms with Gasteiger partial charge in [0.25, 0.3) is 0 Å². The number of benzene rings is 1. The molecule has 0 amide bonds. The van der Waals surface area contributed by atoms with Crippen LogP contribution in [0.4, 0.5) is 4.39 Å². The van der Waals surface area contributed by atoms with Gasteiger partial charge >= 0.3 is 0 Å². The summed E-state index contributed by atoms with van der Waals surface area (Å²) < 4.78 is 14.7. The summed E-state index contributed by atoms with van der Waals surface area (Å²) in [6, 6.07) is 10.8. The van der Waals surface area contributed by atoms with Gasteiger partial charge < -0.3 is 5.43 Å². The van der Waals surface area contributed by atoms with Crippen molar-refractivity contribution in [2.24, 2.45) is 0 Å². The molecule has 0 radical (unpaired) electrons. The maximum Gasteiger partial charge on any atom is 0.123 e. The molecule has 2 rings (SSSR count). The van der Waals surface area contributed by atoms with Crippen LogP contribution in [0.15, 0.2) is 48.8 Å². The van der Waals surface area contributed by atoms with Crippen LogP contribution in [0.2, 0.25) is 0 Å². The van der Waals surface area contributed by atoms with E-state index in [4.69, 9.17) is 0 Å². The SMILES string of the molecule is CCC(Nn1cccc1)c1ccc(F)cc1. The molecular formula is C13H15FN2. The smallest absolute Gasteiger partial charge is 0.123 e. The summed E-state index contributed by atoms with van der Waals surface area (Å²) in [4.78, 5) is 0. The first kappa shape index (κ1) is 10.7. The fraction of sp³-hybridized carbons (Fsp3) is 0.231. The van der Waals surface area contributed by atoms with Crippen LogP contribution in [0, 0.1) is 5.82 Å². The second kappa shape index (κ2) is 4.84. The molecule has 0 aliphatic rings. The first-order valence-electron chi connectivity index (χ1n) is 5.44. The molecule has 1 atom stereocenters. The third-order valence-corrected chi connectivity index (χ3v) is 2.59. The first-order valence-corrected chi connectivity index (χ1v) is 5.44. The highest BCUT2D eigenvalue weighted by molar-refractivity contribution is 5.22. The van der Waals surface area contributed by atoms with Gasteiger partial charge in [-0.3, -0.25) is 4.68 Å². The molecule has 0 fully saturated rings. The number of aromatic nitrogens is 1. The molecular weight excluding hydrogens is 203 g/mol. The van der Waals surface area contributed by atoms with Crippen molar-refractivity contribution in [1.82, 2.24) is 4.68 Å². The van der Waals surface area contributed by atoms with Gasteiger partial charge in [0.05, 0.1) is 6.04 Å². The molecule has 1 unspecified atom stereocenters. The molecule has 0 saturated carbocycles. The van der Waals surface area contributed by atoms with E-state index in [0.29, 0.717) is 0 Å². The van der Waals surface area contributed by atoms with Gasteiger partial charge in [-0.05, 0) is 36.2 Å². The number of nitrogens with zero attached hydrogens (tertiary/aromatic N) is 1. The number of hydrogen-bond acceptors (Lipinski definition) is 1. The van der Waals surface area contributed by atoms with Gasteiger partial charge in [-0.2, -0.15) is 0 Å². The maximum atomic E-state index is 12.8. The van der Waals surface area contributed by atoms with Crippen LogP contribution in [-0.4, -0.2) is 4.68 Å². The summed E-state index contributed by atoms with van der Waals surface area (Å²) in [6.45, 7) is 2.10. The standard InChI is InChI=1S/C13H15FN2/c1-2-13(15-16-9-3-4-10-16)11-5-7-12(14)8-6-11/h3-10,13,15H,2H2,1H3. The topological polar surface area (TPSA) is 17.0 Å². The van der Waals surface area contributed by atoms with Gasteiger partial charge in [-0.15, -0.1) is 0 Å². The van der Waals surface area contributed by atoms with E-state index in [1.165, 1.54) is 12.1 Å². The minimum atomic E-state index is -0.195. The zero-order valence-electron chi connectivity index (χ0n) is 9.23. The number of nitrogens with one attached hydrogen (secondary N) is 1. The maximum absolute atomic E-state index is 12.8. The van der Waals surface area contributed by atoms with Crippen LogP contribution in [0.25, 0.3) is 0 Å². The van der Waals surface area contributed by atoms with Gasteiger partial charge in [0.2, 0.25) is 0 Å². The van der Waals surface area contributed by atoms with Crippen LogP contribution >= 0.6 is 0 Å². The largest absolute Gasteiger partial charge is 0.319 e. The molecule has 1 N–H and O–H groups in total. The Kier molecular flexibility index (Phi) is 3.25. The lowest BCUT2D eigenvalue weighted by atomic mass is 10.1. The fourth-order valence-corrected chi connectivity index (χ4v) is 1.70. The van der Waals surface area contributed by atoms with Crippen molar-refractivity contribution in [2.75, 3.05) is 5.43 Å². The van der Waals surface area contributed by atoms with E-state index in [1.807, 2.05) is 41.3 Å². The average Bonchev–Trinajstić information content (AvgIpc) is 2.80. The molecule has 0 saturated heterocycles. The highest BCUT2D eigenvalue weighted by Crippen LogP contribution is 2.18. The molecule has 1 aromatic heterocycles. The van der Waals surface area contributed by atoms with Crippen molar-refractivity contribution in [2.45, 2.75) is 19.4 Å². The number of halogens is 1. The number of hydrogen-bond donors (Lipinski definition) is 1. The molecule has 84 valence electrons. The lowest BCUT2D eigenvalue weighted by Crippen LogP contribution is -2.18. The quantitative estimate of drug-likeness (QED) is 0.833. The minimum Gasteiger partial charge on any atom is -0.319 e. The van der Waals surface area contributed by atoms with Crippen LogP contribution in [0.1, 0.15) is 24.9 Å². The van der Waals surface area contributed by atoms with Crippen LogP contribution in [-0.2, 0) is 0 Å². The molecule has 0 spiro atoms. The van der Waals surface area contributed by atoms with Gasteiger partial charge in [-0.25, -0.2) is 4.39 Å². The van der Waals surface area contributed by atoms with Gasteiger partial charge in [0, 0.05) is 12.4 Å². The summed E-state index contributed by atoms with van der Waals surface area (Å²) >= 11 is 0. The Labute approximate surface area is 94.7 Å². The minimum absolute atomic E-state index is 0.195. The Morgan fingerprint density at radius 2 is 1.81 bits per heavy atom. The summed E-state index contributed by atoms with van der Waals surface area (Å²) in [6.07, 6.45) is 4.85. The second-order valence-electron chi connectivity index (χ2n) is 3.73. The molecule has 0 bridgehead atoms. The van der Waals surface area contributed by atoms with E-state index in [-0.39, 0.29) is 11.9 Å². The lowest BCUT2D eigenvalue weighted by molar-refractivity contribution is 0.620. The van der Waals surface area contributed by atoms with Crippen molar-refractivity contribution < 1.29 is 4.39 Å². The summed E-state index contributed by atoms with van der Waals surface area (Å²) in [5, 5.41) is 0. The van der Waals surface area contributed by atoms with E-state index < -0.39 is 0 Å². The Bertz CT molecular complexity index is 420. The molecule has 2 aromatic rings. The lowest BCUT2D eigenvalue weighted by Gasteiger charge is -2.19. The van der Waals surface area contributed by atoms with E-state index in [1.54, 1.807) is 0 Å². The van der Waals surface area contributed by atoms with Crippen LogP contribution < -0.4 is 5.43 Å². The third-order valence-electron chi connectivity index (χ3n) is 2.59. The monoisotopic (exact) mass is 218 g/mol. The van der Waals surface area contributed by atoms with Crippen LogP contribution in [0.3, 0.4) is 0 Å². The van der Waals surface area contributed by atoms with Crippen molar-refractivity contribution in [3.8, 4) is 0 Å². The van der Waals surface area contributed by atoms with Gasteiger partial charge in [-0.1, -0.05) is 19.1 Å². The van der Waals surface area contributed by atoms with E-state index >= 15 is 0 Å². The summed E-state index contributed by atoms with van der Waals surface area (Å²) in [5.74, 6) is -0.195. The van der Waals surface area contributed by atoms with E-state index in [9.17, 15) is 4.39 Å². The van der Waals surface area contributed by atoms with Crippen molar-refractivity contribution >= 4 is 0 Å². The predicted molar refractivity (Wildman–Crippen MR) is 63.2 cm³/mol. The van der Waals surface area contributed by atoms with Crippen molar-refractivity contribution in [3.05, 3.63) is 60.2 Å². The zero-order valence-corrected chi connectivity index (χ0v) is 9.23. The molecule has 0 aliphatic heterocycles. The predicted octanol–water partition coefficient (Wildman–Crippen LogP) is 3.32. The zero-order chi connectivity index (χ0) is 11.4. The third kappa shape index (κ3) is 2.42. The second-order valence-corrected chi connectivity index (χ2v) is 3.73. The summed E-state index contributed by atoms with van der Waals surface area (Å²) in [5.41, 5.74) is 4.43. The average molecular weight is 218 g/mol. The Morgan fingerprint density at radius 1 is 1.19 bits per heavy atom. The Balaban J connectivity index is 2.13. The summed E-state index contributed by atoms with van der Waals surface area (Å²) in [7, 11) is 0.